The maximum atomic E-state index is 12.6. The number of likely N-dealkylation sites (N-methyl/N-ethyl adjacent to an activating group) is 2. The van der Waals surface area contributed by atoms with Crippen LogP contribution in [0.3, 0.4) is 0 Å². The summed E-state index contributed by atoms with van der Waals surface area (Å²) in [5.41, 5.74) is -0.795. The fraction of sp³-hybridized carbons (Fsp3) is 0.522. The summed E-state index contributed by atoms with van der Waals surface area (Å²) in [6.07, 6.45) is 8.21. The van der Waals surface area contributed by atoms with Crippen LogP contribution in [0.25, 0.3) is 0 Å². The lowest BCUT2D eigenvalue weighted by Crippen LogP contribution is -2.63. The number of allylic oxidation sites excluding steroid dienone is 3. The van der Waals surface area contributed by atoms with E-state index >= 15 is 0 Å². The first-order valence-corrected chi connectivity index (χ1v) is 10.1. The third-order valence-corrected chi connectivity index (χ3v) is 5.56. The summed E-state index contributed by atoms with van der Waals surface area (Å²) in [5, 5.41) is 19.2. The average molecular weight is 434 g/mol. The molecule has 0 saturated carbocycles. The Labute approximate surface area is 184 Å². The Morgan fingerprint density at radius 1 is 1.10 bits per heavy atom. The minimum absolute atomic E-state index is 0.103. The number of carbonyl (C=O) groups excluding carboxylic acids is 2. The number of hydrogen-bond donors (Lipinski definition) is 2. The highest BCUT2D eigenvalue weighted by atomic mass is 16.4. The molecule has 0 aromatic rings. The van der Waals surface area contributed by atoms with Crippen LogP contribution in [-0.2, 0) is 14.4 Å². The minimum Gasteiger partial charge on any atom is -0.508 e. The SMILES string of the molecule is CC(=CCCN(/C=C/C=C(\O)C=C1C(=O)N(C)C(C)(C)N(C)C1=O)C(C)(C)C)C(=O)O. The first-order valence-electron chi connectivity index (χ1n) is 10.1. The van der Waals surface area contributed by atoms with Crippen LogP contribution < -0.4 is 0 Å². The molecule has 8 nitrogen and oxygen atoms in total. The van der Waals surface area contributed by atoms with Gasteiger partial charge < -0.3 is 24.9 Å². The maximum absolute atomic E-state index is 12.6. The van der Waals surface area contributed by atoms with Gasteiger partial charge in [0, 0.05) is 31.8 Å². The molecular weight excluding hydrogens is 398 g/mol. The zero-order valence-electron chi connectivity index (χ0n) is 19.8. The first kappa shape index (κ1) is 26.0. The molecule has 0 aliphatic carbocycles. The summed E-state index contributed by atoms with van der Waals surface area (Å²) < 4.78 is 0. The number of aliphatic hydroxyl groups excluding tert-OH is 1. The number of carbonyl (C=O) groups is 3. The van der Waals surface area contributed by atoms with Crippen molar-refractivity contribution in [2.45, 2.75) is 59.2 Å². The van der Waals surface area contributed by atoms with Crippen LogP contribution in [0, 0.1) is 0 Å². The fourth-order valence-electron chi connectivity index (χ4n) is 2.88. The van der Waals surface area contributed by atoms with Crippen molar-refractivity contribution in [2.24, 2.45) is 0 Å². The highest BCUT2D eigenvalue weighted by molar-refractivity contribution is 6.20. The van der Waals surface area contributed by atoms with Crippen molar-refractivity contribution >= 4 is 17.8 Å². The molecule has 172 valence electrons. The van der Waals surface area contributed by atoms with Gasteiger partial charge in [-0.15, -0.1) is 0 Å². The van der Waals surface area contributed by atoms with Crippen LogP contribution in [0.2, 0.25) is 0 Å². The zero-order chi connectivity index (χ0) is 24.1. The topological polar surface area (TPSA) is 101 Å². The van der Waals surface area contributed by atoms with Gasteiger partial charge in [-0.25, -0.2) is 4.79 Å². The van der Waals surface area contributed by atoms with Gasteiger partial charge in [-0.2, -0.15) is 0 Å². The molecule has 1 saturated heterocycles. The lowest BCUT2D eigenvalue weighted by atomic mass is 10.0. The summed E-state index contributed by atoms with van der Waals surface area (Å²) in [6.45, 7) is 11.7. The van der Waals surface area contributed by atoms with Crippen LogP contribution in [0.1, 0.15) is 48.0 Å². The van der Waals surface area contributed by atoms with E-state index in [1.54, 1.807) is 53.2 Å². The molecule has 1 rings (SSSR count). The molecule has 0 radical (unpaired) electrons. The number of rotatable bonds is 7. The van der Waals surface area contributed by atoms with Gasteiger partial charge in [-0.1, -0.05) is 6.08 Å². The van der Waals surface area contributed by atoms with Gasteiger partial charge >= 0.3 is 5.97 Å². The van der Waals surface area contributed by atoms with Gasteiger partial charge in [-0.3, -0.25) is 9.59 Å². The van der Waals surface area contributed by atoms with Gasteiger partial charge in [0.25, 0.3) is 11.8 Å². The molecule has 2 N–H and O–H groups in total. The van der Waals surface area contributed by atoms with E-state index in [2.05, 4.69) is 0 Å². The predicted octanol–water partition coefficient (Wildman–Crippen LogP) is 3.06. The first-order chi connectivity index (χ1) is 14.1. The molecule has 1 aliphatic heterocycles. The molecule has 0 bridgehead atoms. The second-order valence-corrected chi connectivity index (χ2v) is 9.06. The Morgan fingerprint density at radius 2 is 1.61 bits per heavy atom. The third kappa shape index (κ3) is 6.47. The number of carboxylic acids is 1. The number of carboxylic acid groups (broad SMARTS) is 1. The molecule has 1 fully saturated rings. The number of aliphatic carboxylic acids is 1. The Morgan fingerprint density at radius 3 is 2.06 bits per heavy atom. The number of aliphatic hydroxyl groups is 1. The Kier molecular flexibility index (Phi) is 8.26. The quantitative estimate of drug-likeness (QED) is 0.277. The highest BCUT2D eigenvalue weighted by Crippen LogP contribution is 2.27. The molecule has 0 aromatic heterocycles. The zero-order valence-corrected chi connectivity index (χ0v) is 19.8. The molecule has 31 heavy (non-hydrogen) atoms. The van der Waals surface area contributed by atoms with E-state index < -0.39 is 23.4 Å². The van der Waals surface area contributed by atoms with Crippen molar-refractivity contribution in [3.05, 3.63) is 47.4 Å². The van der Waals surface area contributed by atoms with Crippen molar-refractivity contribution in [1.82, 2.24) is 14.7 Å². The number of nitrogens with zero attached hydrogens (tertiary/aromatic N) is 3. The molecule has 0 aromatic carbocycles. The van der Waals surface area contributed by atoms with Crippen molar-refractivity contribution < 1.29 is 24.6 Å². The lowest BCUT2D eigenvalue weighted by molar-refractivity contribution is -0.155. The van der Waals surface area contributed by atoms with Crippen LogP contribution in [0.15, 0.2) is 47.4 Å². The van der Waals surface area contributed by atoms with E-state index in [1.165, 1.54) is 22.0 Å². The van der Waals surface area contributed by atoms with Gasteiger partial charge in [0.05, 0.1) is 0 Å². The normalized spacial score (nSPS) is 18.1. The predicted molar refractivity (Wildman–Crippen MR) is 120 cm³/mol. The molecule has 1 aliphatic rings. The Balaban J connectivity index is 3.01. The summed E-state index contributed by atoms with van der Waals surface area (Å²) in [5.74, 6) is -2.06. The van der Waals surface area contributed by atoms with Crippen LogP contribution >= 0.6 is 0 Å². The largest absolute Gasteiger partial charge is 0.508 e. The highest BCUT2D eigenvalue weighted by Gasteiger charge is 2.44. The average Bonchev–Trinajstić information content (AvgIpc) is 2.66. The summed E-state index contributed by atoms with van der Waals surface area (Å²) in [7, 11) is 3.23. The maximum Gasteiger partial charge on any atom is 0.330 e. The lowest BCUT2D eigenvalue weighted by Gasteiger charge is -2.47. The van der Waals surface area contributed by atoms with Crippen LogP contribution in [0.4, 0.5) is 0 Å². The van der Waals surface area contributed by atoms with Crippen molar-refractivity contribution in [1.29, 1.82) is 0 Å². The van der Waals surface area contributed by atoms with Gasteiger partial charge in [0.1, 0.15) is 17.0 Å². The molecule has 8 heteroatoms. The summed E-state index contributed by atoms with van der Waals surface area (Å²) >= 11 is 0. The molecule has 2 amide bonds. The second kappa shape index (κ2) is 9.85. The molecule has 0 atom stereocenters. The fourth-order valence-corrected chi connectivity index (χ4v) is 2.88. The molecule has 1 heterocycles. The monoisotopic (exact) mass is 433 g/mol. The van der Waals surface area contributed by atoms with Crippen molar-refractivity contribution in [2.75, 3.05) is 20.6 Å². The summed E-state index contributed by atoms with van der Waals surface area (Å²) in [4.78, 5) is 41.0. The Bertz CT molecular complexity index is 818. The minimum atomic E-state index is -0.940. The third-order valence-electron chi connectivity index (χ3n) is 5.56. The Hall–Kier alpha value is -3.03. The molecule has 0 spiro atoms. The summed E-state index contributed by atoms with van der Waals surface area (Å²) in [6, 6.07) is 0. The van der Waals surface area contributed by atoms with Gasteiger partial charge in [0.2, 0.25) is 0 Å². The van der Waals surface area contributed by atoms with E-state index in [-0.39, 0.29) is 16.9 Å². The van der Waals surface area contributed by atoms with E-state index in [1.807, 2.05) is 25.7 Å². The van der Waals surface area contributed by atoms with E-state index in [0.29, 0.717) is 18.5 Å². The van der Waals surface area contributed by atoms with E-state index in [0.717, 1.165) is 0 Å². The van der Waals surface area contributed by atoms with Crippen LogP contribution in [-0.4, -0.2) is 74.5 Å². The van der Waals surface area contributed by atoms with Gasteiger partial charge in [0.15, 0.2) is 0 Å². The van der Waals surface area contributed by atoms with Gasteiger partial charge in [-0.05, 0) is 72.4 Å². The number of hydrogen-bond acceptors (Lipinski definition) is 5. The molecular formula is C23H35N3O5. The van der Waals surface area contributed by atoms with E-state index in [9.17, 15) is 19.5 Å². The standard InChI is InChI=1S/C23H35N3O5/c1-16(21(30)31)11-9-13-26(22(2,3)4)14-10-12-17(27)15-18-19(28)24(7)23(5,6)25(8)20(18)29/h10-12,14-15,27H,9,13H2,1-8H3,(H,30,31)/b14-10+,16-11?,17-12-. The second-order valence-electron chi connectivity index (χ2n) is 9.06. The van der Waals surface area contributed by atoms with Crippen molar-refractivity contribution in [3.63, 3.8) is 0 Å². The number of amides is 2. The smallest absolute Gasteiger partial charge is 0.330 e. The van der Waals surface area contributed by atoms with E-state index in [4.69, 9.17) is 5.11 Å². The van der Waals surface area contributed by atoms with Crippen LogP contribution in [0.5, 0.6) is 0 Å². The van der Waals surface area contributed by atoms with Crippen molar-refractivity contribution in [3.8, 4) is 0 Å². The molecule has 0 unspecified atom stereocenters.